The van der Waals surface area contributed by atoms with Crippen molar-refractivity contribution >= 4 is 23.3 Å². The lowest BCUT2D eigenvalue weighted by Gasteiger charge is -2.26. The van der Waals surface area contributed by atoms with E-state index in [1.165, 1.54) is 7.11 Å². The Morgan fingerprint density at radius 3 is 2.59 bits per heavy atom. The van der Waals surface area contributed by atoms with Crippen molar-refractivity contribution in [3.8, 4) is 0 Å². The van der Waals surface area contributed by atoms with Gasteiger partial charge in [-0.2, -0.15) is 0 Å². The number of ether oxygens (including phenoxy) is 1. The number of fused-ring (bicyclic) bond motifs is 1. The molecule has 8 heteroatoms. The molecular formula is C21H31N5O3. The zero-order valence-corrected chi connectivity index (χ0v) is 17.6. The molecule has 29 heavy (non-hydrogen) atoms. The van der Waals surface area contributed by atoms with Crippen molar-refractivity contribution in [2.75, 3.05) is 19.0 Å². The Hall–Kier alpha value is -2.61. The zero-order valence-electron chi connectivity index (χ0n) is 17.6. The monoisotopic (exact) mass is 401 g/mol. The SMILES string of the molecule is COC(=O)CNc1c(C(C)(C)C)nc2c(C(=O)NC3CCC(N)CC3)cccn12. The van der Waals surface area contributed by atoms with Crippen LogP contribution in [-0.2, 0) is 14.9 Å². The molecule has 0 atom stereocenters. The minimum atomic E-state index is -0.371. The number of pyridine rings is 1. The minimum Gasteiger partial charge on any atom is -0.468 e. The van der Waals surface area contributed by atoms with E-state index >= 15 is 0 Å². The van der Waals surface area contributed by atoms with Crippen molar-refractivity contribution in [1.82, 2.24) is 14.7 Å². The number of anilines is 1. The fourth-order valence-corrected chi connectivity index (χ4v) is 3.69. The van der Waals surface area contributed by atoms with Gasteiger partial charge in [-0.3, -0.25) is 14.0 Å². The number of nitrogens with two attached hydrogens (primary N) is 1. The molecule has 1 amide bonds. The van der Waals surface area contributed by atoms with E-state index in [0.29, 0.717) is 17.0 Å². The zero-order chi connectivity index (χ0) is 21.2. The molecule has 1 aliphatic rings. The molecule has 0 aliphatic heterocycles. The molecule has 1 aliphatic carbocycles. The Balaban J connectivity index is 1.94. The highest BCUT2D eigenvalue weighted by Crippen LogP contribution is 2.31. The number of hydrogen-bond acceptors (Lipinski definition) is 6. The number of imidazole rings is 1. The summed E-state index contributed by atoms with van der Waals surface area (Å²) in [5.74, 6) is 0.182. The number of rotatable bonds is 5. The van der Waals surface area contributed by atoms with E-state index in [4.69, 9.17) is 15.5 Å². The first-order valence-corrected chi connectivity index (χ1v) is 10.1. The van der Waals surface area contributed by atoms with Crippen LogP contribution in [0.5, 0.6) is 0 Å². The van der Waals surface area contributed by atoms with Gasteiger partial charge in [-0.05, 0) is 37.8 Å². The molecule has 1 fully saturated rings. The molecule has 2 heterocycles. The molecule has 158 valence electrons. The van der Waals surface area contributed by atoms with Gasteiger partial charge in [0.1, 0.15) is 12.4 Å². The average Bonchev–Trinajstić information content (AvgIpc) is 3.07. The lowest BCUT2D eigenvalue weighted by Crippen LogP contribution is -2.40. The van der Waals surface area contributed by atoms with Crippen LogP contribution < -0.4 is 16.4 Å². The molecular weight excluding hydrogens is 370 g/mol. The van der Waals surface area contributed by atoms with E-state index in [2.05, 4.69) is 10.6 Å². The number of methoxy groups -OCH3 is 1. The molecule has 1 saturated carbocycles. The highest BCUT2D eigenvalue weighted by atomic mass is 16.5. The Morgan fingerprint density at radius 2 is 1.97 bits per heavy atom. The fourth-order valence-electron chi connectivity index (χ4n) is 3.69. The second kappa shape index (κ2) is 8.41. The lowest BCUT2D eigenvalue weighted by atomic mass is 9.91. The van der Waals surface area contributed by atoms with Crippen LogP contribution in [0.1, 0.15) is 62.5 Å². The molecule has 0 bridgehead atoms. The van der Waals surface area contributed by atoms with Crippen molar-refractivity contribution in [2.24, 2.45) is 5.73 Å². The molecule has 3 rings (SSSR count). The second-order valence-electron chi connectivity index (χ2n) is 8.69. The van der Waals surface area contributed by atoms with Gasteiger partial charge in [-0.15, -0.1) is 0 Å². The smallest absolute Gasteiger partial charge is 0.325 e. The number of carbonyl (C=O) groups is 2. The van der Waals surface area contributed by atoms with Crippen molar-refractivity contribution in [3.63, 3.8) is 0 Å². The van der Waals surface area contributed by atoms with Gasteiger partial charge < -0.3 is 21.1 Å². The van der Waals surface area contributed by atoms with E-state index in [1.54, 1.807) is 6.07 Å². The van der Waals surface area contributed by atoms with Gasteiger partial charge in [-0.25, -0.2) is 4.98 Å². The van der Waals surface area contributed by atoms with Gasteiger partial charge in [0.2, 0.25) is 0 Å². The molecule has 0 saturated heterocycles. The van der Waals surface area contributed by atoms with E-state index in [9.17, 15) is 9.59 Å². The molecule has 0 aromatic carbocycles. The highest BCUT2D eigenvalue weighted by Gasteiger charge is 2.27. The molecule has 0 unspecified atom stereocenters. The second-order valence-corrected chi connectivity index (χ2v) is 8.69. The Bertz CT molecular complexity index is 892. The third-order valence-electron chi connectivity index (χ3n) is 5.34. The van der Waals surface area contributed by atoms with Gasteiger partial charge >= 0.3 is 5.97 Å². The Kier molecular flexibility index (Phi) is 6.12. The number of esters is 1. The summed E-state index contributed by atoms with van der Waals surface area (Å²) in [6, 6.07) is 3.96. The standard InChI is InChI=1S/C21H31N5O3/c1-21(2,3)17-19(23-12-16(27)29-4)26-11-5-6-15(18(26)25-17)20(28)24-14-9-7-13(22)8-10-14/h5-6,11,13-14,23H,7-10,12,22H2,1-4H3,(H,24,28). The van der Waals surface area contributed by atoms with Crippen molar-refractivity contribution in [2.45, 2.75) is 64.0 Å². The largest absolute Gasteiger partial charge is 0.468 e. The third-order valence-corrected chi connectivity index (χ3v) is 5.34. The number of amides is 1. The first-order valence-electron chi connectivity index (χ1n) is 10.1. The van der Waals surface area contributed by atoms with Crippen LogP contribution in [-0.4, -0.2) is 47.0 Å². The summed E-state index contributed by atoms with van der Waals surface area (Å²) in [5, 5.41) is 6.26. The van der Waals surface area contributed by atoms with Gasteiger partial charge in [0.05, 0.1) is 18.4 Å². The number of nitrogens with zero attached hydrogens (tertiary/aromatic N) is 2. The summed E-state index contributed by atoms with van der Waals surface area (Å²) in [6.07, 6.45) is 5.48. The Labute approximate surface area is 171 Å². The van der Waals surface area contributed by atoms with Crippen molar-refractivity contribution in [1.29, 1.82) is 0 Å². The van der Waals surface area contributed by atoms with Crippen LogP contribution in [0.2, 0.25) is 0 Å². The number of aromatic nitrogens is 2. The van der Waals surface area contributed by atoms with E-state index in [1.807, 2.05) is 37.4 Å². The molecule has 2 aromatic rings. The minimum absolute atomic E-state index is 0.0200. The highest BCUT2D eigenvalue weighted by molar-refractivity contribution is 6.00. The van der Waals surface area contributed by atoms with Crippen LogP contribution >= 0.6 is 0 Å². The average molecular weight is 402 g/mol. The van der Waals surface area contributed by atoms with Crippen molar-refractivity contribution in [3.05, 3.63) is 29.6 Å². The Morgan fingerprint density at radius 1 is 1.28 bits per heavy atom. The van der Waals surface area contributed by atoms with Crippen LogP contribution in [0.4, 0.5) is 5.82 Å². The number of carbonyl (C=O) groups excluding carboxylic acids is 2. The molecule has 8 nitrogen and oxygen atoms in total. The van der Waals surface area contributed by atoms with E-state index in [0.717, 1.165) is 31.4 Å². The van der Waals surface area contributed by atoms with Crippen LogP contribution in [0.3, 0.4) is 0 Å². The summed E-state index contributed by atoms with van der Waals surface area (Å²) in [4.78, 5) is 29.4. The quantitative estimate of drug-likeness (QED) is 0.663. The summed E-state index contributed by atoms with van der Waals surface area (Å²) in [5.41, 5.74) is 7.55. The van der Waals surface area contributed by atoms with Gasteiger partial charge in [0.25, 0.3) is 5.91 Å². The van der Waals surface area contributed by atoms with E-state index in [-0.39, 0.29) is 35.9 Å². The summed E-state index contributed by atoms with van der Waals surface area (Å²) in [7, 11) is 1.35. The molecule has 2 aromatic heterocycles. The maximum atomic E-state index is 13.0. The first kappa shape index (κ1) is 21.1. The van der Waals surface area contributed by atoms with Gasteiger partial charge in [0.15, 0.2) is 5.65 Å². The number of hydrogen-bond donors (Lipinski definition) is 3. The van der Waals surface area contributed by atoms with Crippen LogP contribution in [0.15, 0.2) is 18.3 Å². The third kappa shape index (κ3) is 4.70. The first-order chi connectivity index (χ1) is 13.7. The lowest BCUT2D eigenvalue weighted by molar-refractivity contribution is -0.138. The molecule has 4 N–H and O–H groups in total. The van der Waals surface area contributed by atoms with Gasteiger partial charge in [-0.1, -0.05) is 20.8 Å². The summed E-state index contributed by atoms with van der Waals surface area (Å²) < 4.78 is 6.56. The molecule has 0 spiro atoms. The summed E-state index contributed by atoms with van der Waals surface area (Å²) in [6.45, 7) is 6.15. The van der Waals surface area contributed by atoms with Crippen LogP contribution in [0.25, 0.3) is 5.65 Å². The number of nitrogens with one attached hydrogen (secondary N) is 2. The predicted octanol–water partition coefficient (Wildman–Crippen LogP) is 2.22. The predicted molar refractivity (Wildman–Crippen MR) is 112 cm³/mol. The van der Waals surface area contributed by atoms with Crippen LogP contribution in [0, 0.1) is 0 Å². The van der Waals surface area contributed by atoms with Crippen molar-refractivity contribution < 1.29 is 14.3 Å². The maximum Gasteiger partial charge on any atom is 0.325 e. The fraction of sp³-hybridized carbons (Fsp3) is 0.571. The van der Waals surface area contributed by atoms with E-state index < -0.39 is 0 Å². The topological polar surface area (TPSA) is 111 Å². The van der Waals surface area contributed by atoms with Gasteiger partial charge in [0, 0.05) is 23.7 Å². The maximum absolute atomic E-state index is 13.0. The molecule has 0 radical (unpaired) electrons. The summed E-state index contributed by atoms with van der Waals surface area (Å²) >= 11 is 0. The normalized spacial score (nSPS) is 19.8.